The second-order valence-electron chi connectivity index (χ2n) is 10.4. The molecule has 3 aliphatic carbocycles. The Bertz CT molecular complexity index is 1450. The molecular weight excluding hydrogens is 524 g/mol. The van der Waals surface area contributed by atoms with E-state index in [1.54, 1.807) is 19.0 Å². The van der Waals surface area contributed by atoms with Crippen molar-refractivity contribution in [3.8, 4) is 18.1 Å². The highest BCUT2D eigenvalue weighted by Crippen LogP contribution is 2.54. The van der Waals surface area contributed by atoms with Crippen molar-refractivity contribution < 1.29 is 44.3 Å². The maximum absolute atomic E-state index is 14.0. The van der Waals surface area contributed by atoms with Gasteiger partial charge in [0.05, 0.1) is 17.3 Å². The van der Waals surface area contributed by atoms with Gasteiger partial charge in [-0.05, 0) is 44.5 Å². The molecule has 13 nitrogen and oxygen atoms in total. The van der Waals surface area contributed by atoms with E-state index in [4.69, 9.17) is 16.9 Å². The van der Waals surface area contributed by atoms with Gasteiger partial charge in [-0.2, -0.15) is 0 Å². The van der Waals surface area contributed by atoms with Crippen LogP contribution in [0.2, 0.25) is 0 Å². The maximum Gasteiger partial charge on any atom is 0.412 e. The first-order valence-corrected chi connectivity index (χ1v) is 12.3. The number of nitrogens with zero attached hydrogens (tertiary/aromatic N) is 2. The van der Waals surface area contributed by atoms with Crippen molar-refractivity contribution >= 4 is 40.7 Å². The Hall–Kier alpha value is -4.54. The first-order chi connectivity index (χ1) is 18.7. The van der Waals surface area contributed by atoms with Gasteiger partial charge in [-0.15, -0.1) is 6.42 Å². The number of anilines is 2. The lowest BCUT2D eigenvalue weighted by Crippen LogP contribution is -2.65. The van der Waals surface area contributed by atoms with Crippen LogP contribution in [0.4, 0.5) is 16.2 Å². The zero-order valence-electron chi connectivity index (χ0n) is 22.3. The van der Waals surface area contributed by atoms with E-state index < -0.39 is 69.9 Å². The van der Waals surface area contributed by atoms with Crippen LogP contribution >= 0.6 is 0 Å². The van der Waals surface area contributed by atoms with E-state index in [9.17, 15) is 39.6 Å². The van der Waals surface area contributed by atoms with Gasteiger partial charge in [0.1, 0.15) is 17.1 Å². The minimum atomic E-state index is -2.75. The zero-order valence-corrected chi connectivity index (χ0v) is 22.3. The van der Waals surface area contributed by atoms with Gasteiger partial charge >= 0.3 is 6.09 Å². The van der Waals surface area contributed by atoms with Crippen LogP contribution in [0.15, 0.2) is 23.0 Å². The maximum atomic E-state index is 14.0. The monoisotopic (exact) mass is 554 g/mol. The van der Waals surface area contributed by atoms with Crippen LogP contribution in [0.1, 0.15) is 17.5 Å². The number of aliphatic hydroxyl groups excluding tert-OH is 2. The molecule has 0 aromatic heterocycles. The number of amides is 2. The van der Waals surface area contributed by atoms with E-state index in [-0.39, 0.29) is 36.3 Å². The molecular formula is C27H30N4O9. The number of ketones is 2. The molecule has 1 fully saturated rings. The predicted molar refractivity (Wildman–Crippen MR) is 142 cm³/mol. The fourth-order valence-corrected chi connectivity index (χ4v) is 6.04. The number of carbonyl (C=O) groups is 4. The Kier molecular flexibility index (Phi) is 7.04. The van der Waals surface area contributed by atoms with Gasteiger partial charge < -0.3 is 35.8 Å². The Morgan fingerprint density at radius 2 is 1.88 bits per heavy atom. The van der Waals surface area contributed by atoms with E-state index in [0.29, 0.717) is 11.3 Å². The highest BCUT2D eigenvalue weighted by molar-refractivity contribution is 6.24. The van der Waals surface area contributed by atoms with Crippen molar-refractivity contribution in [2.45, 2.75) is 24.5 Å². The molecule has 2 amide bonds. The summed E-state index contributed by atoms with van der Waals surface area (Å²) in [4.78, 5) is 54.5. The number of phenolic OH excluding ortho intramolecular Hbond substituents is 1. The molecule has 0 radical (unpaired) electrons. The summed E-state index contributed by atoms with van der Waals surface area (Å²) in [5, 5.41) is 47.5. The first-order valence-electron chi connectivity index (χ1n) is 12.3. The smallest absolute Gasteiger partial charge is 0.412 e. The van der Waals surface area contributed by atoms with E-state index in [1.807, 2.05) is 0 Å². The Morgan fingerprint density at radius 1 is 1.23 bits per heavy atom. The fourth-order valence-electron chi connectivity index (χ4n) is 6.04. The number of Topliss-reactive ketones (excluding diaryl/α,β-unsaturated/α-hetero) is 2. The number of nitrogens with one attached hydrogen (secondary N) is 1. The topological polar surface area (TPSA) is 203 Å². The number of carbonyl (C=O) groups excluding carboxylic acids is 4. The number of fused-ring (bicyclic) bond motifs is 3. The number of phenols is 1. The van der Waals surface area contributed by atoms with Crippen LogP contribution in [0, 0.1) is 24.2 Å². The second-order valence-corrected chi connectivity index (χ2v) is 10.4. The SMILES string of the molecule is C#CCOC(=O)Nc1cc(N(C)C)c2c(c1O)C(O)=C1C(=O)C3(O)C(O)=C(C(N)=O)C(=O)C(N(C)C)C3CC1C2. The van der Waals surface area contributed by atoms with Crippen LogP contribution in [0.25, 0.3) is 5.76 Å². The summed E-state index contributed by atoms with van der Waals surface area (Å²) in [5.41, 5.74) is 2.00. The lowest BCUT2D eigenvalue weighted by atomic mass is 9.57. The molecule has 0 aliphatic heterocycles. The molecule has 13 heteroatoms. The number of hydrogen-bond acceptors (Lipinski definition) is 11. The van der Waals surface area contributed by atoms with Crippen molar-refractivity contribution in [2.75, 3.05) is 45.0 Å². The van der Waals surface area contributed by atoms with E-state index in [0.717, 1.165) is 0 Å². The highest BCUT2D eigenvalue weighted by atomic mass is 16.5. The van der Waals surface area contributed by atoms with Crippen LogP contribution < -0.4 is 16.0 Å². The number of primary amides is 1. The molecule has 0 heterocycles. The Balaban J connectivity index is 1.94. The minimum absolute atomic E-state index is 0.0438. The molecule has 1 saturated carbocycles. The number of likely N-dealkylation sites (N-methyl/N-ethyl adjacent to an activating group) is 1. The number of aromatic hydroxyl groups is 1. The Morgan fingerprint density at radius 3 is 2.42 bits per heavy atom. The molecule has 4 atom stereocenters. The number of aliphatic hydroxyl groups is 3. The van der Waals surface area contributed by atoms with Crippen LogP contribution in [-0.4, -0.2) is 95.3 Å². The summed E-state index contributed by atoms with van der Waals surface area (Å²) in [5.74, 6) is -5.50. The lowest BCUT2D eigenvalue weighted by Gasteiger charge is -2.50. The van der Waals surface area contributed by atoms with E-state index in [2.05, 4.69) is 11.2 Å². The van der Waals surface area contributed by atoms with Gasteiger partial charge in [-0.1, -0.05) is 5.92 Å². The van der Waals surface area contributed by atoms with Gasteiger partial charge in [0.25, 0.3) is 5.91 Å². The lowest BCUT2D eigenvalue weighted by molar-refractivity contribution is -0.153. The van der Waals surface area contributed by atoms with Crippen molar-refractivity contribution in [3.63, 3.8) is 0 Å². The van der Waals surface area contributed by atoms with Crippen molar-refractivity contribution in [1.29, 1.82) is 0 Å². The molecule has 4 rings (SSSR count). The van der Waals surface area contributed by atoms with Gasteiger partial charge in [0, 0.05) is 31.3 Å². The van der Waals surface area contributed by atoms with Gasteiger partial charge in [-0.25, -0.2) is 4.79 Å². The number of terminal acetylenes is 1. The second kappa shape index (κ2) is 9.89. The van der Waals surface area contributed by atoms with Crippen LogP contribution in [-0.2, 0) is 25.5 Å². The number of nitrogens with two attached hydrogens (primary N) is 1. The third-order valence-electron chi connectivity index (χ3n) is 7.70. The summed E-state index contributed by atoms with van der Waals surface area (Å²) in [6.45, 7) is -0.329. The van der Waals surface area contributed by atoms with Crippen molar-refractivity contribution in [3.05, 3.63) is 34.1 Å². The fraction of sp³-hybridized carbons (Fsp3) is 0.407. The molecule has 0 spiro atoms. The first kappa shape index (κ1) is 28.5. The summed E-state index contributed by atoms with van der Waals surface area (Å²) >= 11 is 0. The predicted octanol–water partition coefficient (Wildman–Crippen LogP) is 0.212. The van der Waals surface area contributed by atoms with E-state index in [1.165, 1.54) is 25.1 Å². The third kappa shape index (κ3) is 4.04. The molecule has 0 saturated heterocycles. The standard InChI is InChI=1S/C27H30N4O9/c1-6-7-40-26(38)29-14-10-15(30(2)3)12-8-11-9-13-19(31(4)5)22(34)18(25(28)37)24(36)27(13,39)23(35)16(11)21(33)17(12)20(14)32/h1,10-11,13,19,32-33,36,39H,7-9H2,2-5H3,(H2,28,37)(H,29,38). The minimum Gasteiger partial charge on any atom is -0.508 e. The van der Waals surface area contributed by atoms with Crippen LogP contribution in [0.3, 0.4) is 0 Å². The Labute approximate surface area is 229 Å². The van der Waals surface area contributed by atoms with Gasteiger partial charge in [0.2, 0.25) is 5.78 Å². The molecule has 3 aliphatic rings. The highest BCUT2D eigenvalue weighted by Gasteiger charge is 2.64. The average Bonchev–Trinajstić information content (AvgIpc) is 2.85. The molecule has 0 bridgehead atoms. The molecule has 212 valence electrons. The zero-order chi connectivity index (χ0) is 29.8. The van der Waals surface area contributed by atoms with Gasteiger partial charge in [0.15, 0.2) is 23.7 Å². The molecule has 1 aromatic carbocycles. The van der Waals surface area contributed by atoms with Crippen LogP contribution in [0.5, 0.6) is 5.75 Å². The third-order valence-corrected chi connectivity index (χ3v) is 7.70. The number of ether oxygens (including phenoxy) is 1. The van der Waals surface area contributed by atoms with Crippen molar-refractivity contribution in [2.24, 2.45) is 17.6 Å². The number of rotatable bonds is 5. The summed E-state index contributed by atoms with van der Waals surface area (Å²) < 4.78 is 4.80. The molecule has 7 N–H and O–H groups in total. The summed E-state index contributed by atoms with van der Waals surface area (Å²) in [6.07, 6.45) is 4.18. The molecule has 4 unspecified atom stereocenters. The largest absolute Gasteiger partial charge is 0.508 e. The number of benzene rings is 1. The van der Waals surface area contributed by atoms with Crippen molar-refractivity contribution in [1.82, 2.24) is 4.90 Å². The number of hydrogen-bond donors (Lipinski definition) is 6. The van der Waals surface area contributed by atoms with Gasteiger partial charge in [-0.3, -0.25) is 24.6 Å². The quantitative estimate of drug-likeness (QED) is 0.165. The molecule has 1 aromatic rings. The van der Waals surface area contributed by atoms with E-state index >= 15 is 0 Å². The summed E-state index contributed by atoms with van der Waals surface area (Å²) in [7, 11) is 6.45. The molecule has 40 heavy (non-hydrogen) atoms. The normalized spacial score (nSPS) is 25.6. The average molecular weight is 555 g/mol. The summed E-state index contributed by atoms with van der Waals surface area (Å²) in [6, 6.07) is 0.283.